The standard InChI is InChI=1S/C15H11IN2O/c16-14-8-17-10-18(15(14)19)9-12-6-3-5-11-4-1-2-7-13(11)12/h1-8,10H,9H2. The Kier molecular flexibility index (Phi) is 3.33. The van der Waals surface area contributed by atoms with Crippen LogP contribution in [0.5, 0.6) is 0 Å². The minimum absolute atomic E-state index is 0.00327. The largest absolute Gasteiger partial charge is 0.294 e. The van der Waals surface area contributed by atoms with Crippen molar-refractivity contribution < 1.29 is 0 Å². The topological polar surface area (TPSA) is 34.9 Å². The predicted molar refractivity (Wildman–Crippen MR) is 84.3 cm³/mol. The molecule has 0 N–H and O–H groups in total. The Balaban J connectivity index is 2.11. The summed E-state index contributed by atoms with van der Waals surface area (Å²) in [5, 5.41) is 2.36. The second-order valence-electron chi connectivity index (χ2n) is 4.31. The van der Waals surface area contributed by atoms with Crippen molar-refractivity contribution in [3.05, 3.63) is 74.5 Å². The van der Waals surface area contributed by atoms with Crippen LogP contribution in [0.4, 0.5) is 0 Å². The number of hydrogen-bond acceptors (Lipinski definition) is 2. The van der Waals surface area contributed by atoms with E-state index in [9.17, 15) is 4.79 Å². The van der Waals surface area contributed by atoms with Gasteiger partial charge in [-0.05, 0) is 38.9 Å². The SMILES string of the molecule is O=c1c(I)cncn1Cc1cccc2ccccc12. The second-order valence-corrected chi connectivity index (χ2v) is 5.48. The summed E-state index contributed by atoms with van der Waals surface area (Å²) < 4.78 is 2.28. The Morgan fingerprint density at radius 2 is 1.89 bits per heavy atom. The van der Waals surface area contributed by atoms with Crippen LogP contribution in [-0.4, -0.2) is 9.55 Å². The molecule has 94 valence electrons. The van der Waals surface area contributed by atoms with Crippen molar-refractivity contribution in [3.63, 3.8) is 0 Å². The lowest BCUT2D eigenvalue weighted by molar-refractivity contribution is 0.734. The fraction of sp³-hybridized carbons (Fsp3) is 0.0667. The lowest BCUT2D eigenvalue weighted by Gasteiger charge is -2.08. The maximum Gasteiger partial charge on any atom is 0.267 e. The number of fused-ring (bicyclic) bond motifs is 1. The predicted octanol–water partition coefficient (Wildman–Crippen LogP) is 3.05. The monoisotopic (exact) mass is 362 g/mol. The highest BCUT2D eigenvalue weighted by Crippen LogP contribution is 2.18. The molecule has 1 aromatic heterocycles. The van der Waals surface area contributed by atoms with Gasteiger partial charge in [0.25, 0.3) is 5.56 Å². The fourth-order valence-electron chi connectivity index (χ4n) is 2.15. The molecule has 0 fully saturated rings. The molecule has 19 heavy (non-hydrogen) atoms. The lowest BCUT2D eigenvalue weighted by atomic mass is 10.0. The molecule has 1 heterocycles. The first-order valence-electron chi connectivity index (χ1n) is 5.92. The first-order chi connectivity index (χ1) is 9.25. The third kappa shape index (κ3) is 2.40. The van der Waals surface area contributed by atoms with Crippen LogP contribution in [0.2, 0.25) is 0 Å². The van der Waals surface area contributed by atoms with Crippen LogP contribution in [0, 0.1) is 3.57 Å². The zero-order valence-electron chi connectivity index (χ0n) is 10.1. The summed E-state index contributed by atoms with van der Waals surface area (Å²) in [6.45, 7) is 0.546. The molecule has 0 unspecified atom stereocenters. The average Bonchev–Trinajstić information content (AvgIpc) is 2.44. The van der Waals surface area contributed by atoms with Gasteiger partial charge < -0.3 is 0 Å². The van der Waals surface area contributed by atoms with Crippen molar-refractivity contribution in [2.24, 2.45) is 0 Å². The summed E-state index contributed by atoms with van der Waals surface area (Å²) in [4.78, 5) is 16.1. The van der Waals surface area contributed by atoms with Gasteiger partial charge in [-0.2, -0.15) is 0 Å². The van der Waals surface area contributed by atoms with E-state index in [1.54, 1.807) is 17.1 Å². The summed E-state index contributed by atoms with van der Waals surface area (Å²) in [6.07, 6.45) is 3.18. The summed E-state index contributed by atoms with van der Waals surface area (Å²) >= 11 is 2.01. The van der Waals surface area contributed by atoms with Crippen molar-refractivity contribution in [3.8, 4) is 0 Å². The molecule has 0 amide bonds. The first kappa shape index (κ1) is 12.3. The van der Waals surface area contributed by atoms with Crippen molar-refractivity contribution in [1.82, 2.24) is 9.55 Å². The number of aromatic nitrogens is 2. The van der Waals surface area contributed by atoms with Gasteiger partial charge in [-0.3, -0.25) is 9.36 Å². The van der Waals surface area contributed by atoms with E-state index < -0.39 is 0 Å². The van der Waals surface area contributed by atoms with Gasteiger partial charge in [0, 0.05) is 6.20 Å². The van der Waals surface area contributed by atoms with Gasteiger partial charge in [0.1, 0.15) is 0 Å². The quantitative estimate of drug-likeness (QED) is 0.657. The van der Waals surface area contributed by atoms with Gasteiger partial charge in [0.05, 0.1) is 16.4 Å². The van der Waals surface area contributed by atoms with Gasteiger partial charge in [0.15, 0.2) is 0 Å². The summed E-state index contributed by atoms with van der Waals surface area (Å²) in [7, 11) is 0. The van der Waals surface area contributed by atoms with Crippen LogP contribution >= 0.6 is 22.6 Å². The first-order valence-corrected chi connectivity index (χ1v) is 7.00. The van der Waals surface area contributed by atoms with Crippen LogP contribution < -0.4 is 5.56 Å². The van der Waals surface area contributed by atoms with Crippen molar-refractivity contribution in [1.29, 1.82) is 0 Å². The van der Waals surface area contributed by atoms with Gasteiger partial charge >= 0.3 is 0 Å². The van der Waals surface area contributed by atoms with Gasteiger partial charge in [-0.1, -0.05) is 42.5 Å². The molecule has 0 bridgehead atoms. The Morgan fingerprint density at radius 3 is 2.79 bits per heavy atom. The third-order valence-electron chi connectivity index (χ3n) is 3.08. The maximum absolute atomic E-state index is 12.0. The zero-order chi connectivity index (χ0) is 13.2. The van der Waals surface area contributed by atoms with Crippen molar-refractivity contribution in [2.75, 3.05) is 0 Å². The van der Waals surface area contributed by atoms with Gasteiger partial charge in [-0.15, -0.1) is 0 Å². The Labute approximate surface area is 124 Å². The summed E-state index contributed by atoms with van der Waals surface area (Å²) in [5.74, 6) is 0. The Morgan fingerprint density at radius 1 is 1.11 bits per heavy atom. The van der Waals surface area contributed by atoms with Crippen LogP contribution in [0.25, 0.3) is 10.8 Å². The van der Waals surface area contributed by atoms with Gasteiger partial charge in [0.2, 0.25) is 0 Å². The highest BCUT2D eigenvalue weighted by molar-refractivity contribution is 14.1. The van der Waals surface area contributed by atoms with E-state index in [4.69, 9.17) is 0 Å². The molecule has 0 aliphatic heterocycles. The van der Waals surface area contributed by atoms with E-state index in [1.807, 2.05) is 40.8 Å². The molecule has 3 aromatic rings. The molecule has 0 spiro atoms. The molecule has 2 aromatic carbocycles. The fourth-order valence-corrected chi connectivity index (χ4v) is 2.62. The average molecular weight is 362 g/mol. The van der Waals surface area contributed by atoms with E-state index in [2.05, 4.69) is 29.2 Å². The van der Waals surface area contributed by atoms with Crippen LogP contribution in [0.3, 0.4) is 0 Å². The molecule has 4 heteroatoms. The molecule has 3 nitrogen and oxygen atoms in total. The smallest absolute Gasteiger partial charge is 0.267 e. The van der Waals surface area contributed by atoms with E-state index in [0.717, 1.165) is 5.56 Å². The molecule has 0 radical (unpaired) electrons. The minimum atomic E-state index is 0.00327. The molecule has 0 atom stereocenters. The van der Waals surface area contributed by atoms with E-state index >= 15 is 0 Å². The van der Waals surface area contributed by atoms with E-state index in [-0.39, 0.29) is 5.56 Å². The molecular formula is C15H11IN2O. The molecule has 0 saturated heterocycles. The number of halogens is 1. The number of benzene rings is 2. The molecule has 0 aliphatic carbocycles. The van der Waals surface area contributed by atoms with Crippen molar-refractivity contribution >= 4 is 33.4 Å². The summed E-state index contributed by atoms with van der Waals surface area (Å²) in [6, 6.07) is 14.3. The Bertz CT molecular complexity index is 790. The number of hydrogen-bond donors (Lipinski definition) is 0. The van der Waals surface area contributed by atoms with E-state index in [0.29, 0.717) is 10.1 Å². The normalized spacial score (nSPS) is 10.8. The number of rotatable bonds is 2. The molecular weight excluding hydrogens is 351 g/mol. The maximum atomic E-state index is 12.0. The number of nitrogens with zero attached hydrogens (tertiary/aromatic N) is 2. The third-order valence-corrected chi connectivity index (χ3v) is 3.82. The highest BCUT2D eigenvalue weighted by Gasteiger charge is 2.04. The van der Waals surface area contributed by atoms with Crippen LogP contribution in [0.1, 0.15) is 5.56 Å². The Hall–Kier alpha value is -1.69. The van der Waals surface area contributed by atoms with Gasteiger partial charge in [-0.25, -0.2) is 4.98 Å². The lowest BCUT2D eigenvalue weighted by Crippen LogP contribution is -2.23. The second kappa shape index (κ2) is 5.13. The van der Waals surface area contributed by atoms with Crippen molar-refractivity contribution in [2.45, 2.75) is 6.54 Å². The molecule has 3 rings (SSSR count). The molecule has 0 saturated carbocycles. The molecule has 0 aliphatic rings. The van der Waals surface area contributed by atoms with E-state index in [1.165, 1.54) is 10.8 Å². The van der Waals surface area contributed by atoms with Crippen LogP contribution in [-0.2, 0) is 6.54 Å². The van der Waals surface area contributed by atoms with Crippen LogP contribution in [0.15, 0.2) is 59.8 Å². The summed E-state index contributed by atoms with van der Waals surface area (Å²) in [5.41, 5.74) is 1.13. The zero-order valence-corrected chi connectivity index (χ0v) is 12.2. The highest BCUT2D eigenvalue weighted by atomic mass is 127. The minimum Gasteiger partial charge on any atom is -0.294 e.